The van der Waals surface area contributed by atoms with Crippen LogP contribution in [0, 0.1) is 5.92 Å². The summed E-state index contributed by atoms with van der Waals surface area (Å²) in [7, 11) is 1.85. The summed E-state index contributed by atoms with van der Waals surface area (Å²) in [6.45, 7) is 2.70. The number of rotatable bonds is 8. The van der Waals surface area contributed by atoms with E-state index in [-0.39, 0.29) is 23.7 Å². The van der Waals surface area contributed by atoms with Crippen LogP contribution in [-0.4, -0.2) is 65.3 Å². The number of alkyl halides is 3. The molecule has 0 radical (unpaired) electrons. The third kappa shape index (κ3) is 5.58. The molecule has 8 rings (SSSR count). The number of hydrogen-bond donors (Lipinski definition) is 3. The smallest absolute Gasteiger partial charge is 0.416 e. The fourth-order valence-electron chi connectivity index (χ4n) is 8.39. The van der Waals surface area contributed by atoms with E-state index in [0.29, 0.717) is 24.3 Å². The molecular formula is C37H41F3N2O5. The van der Waals surface area contributed by atoms with Crippen LogP contribution in [0.3, 0.4) is 0 Å². The van der Waals surface area contributed by atoms with E-state index in [1.54, 1.807) is 6.07 Å². The molecule has 250 valence electrons. The van der Waals surface area contributed by atoms with Gasteiger partial charge in [-0.25, -0.2) is 0 Å². The number of halogens is 3. The van der Waals surface area contributed by atoms with Gasteiger partial charge in [-0.3, -0.25) is 9.69 Å². The van der Waals surface area contributed by atoms with E-state index < -0.39 is 28.9 Å². The van der Waals surface area contributed by atoms with Gasteiger partial charge in [-0.15, -0.1) is 0 Å². The van der Waals surface area contributed by atoms with Crippen LogP contribution >= 0.6 is 0 Å². The fourth-order valence-corrected chi connectivity index (χ4v) is 8.39. The molecule has 2 bridgehead atoms. The van der Waals surface area contributed by atoms with Crippen molar-refractivity contribution in [3.63, 3.8) is 0 Å². The number of aromatic hydroxyl groups is 1. The zero-order valence-electron chi connectivity index (χ0n) is 26.4. The van der Waals surface area contributed by atoms with Crippen molar-refractivity contribution >= 4 is 5.78 Å². The van der Waals surface area contributed by atoms with Crippen molar-refractivity contribution in [2.75, 3.05) is 26.7 Å². The average Bonchev–Trinajstić information content (AvgIpc) is 3.80. The van der Waals surface area contributed by atoms with E-state index in [1.165, 1.54) is 25.0 Å². The number of piperidine rings is 1. The molecule has 3 N–H and O–H groups in total. The summed E-state index contributed by atoms with van der Waals surface area (Å²) in [5.74, 6) is 1.82. The molecule has 7 nitrogen and oxygen atoms in total. The average molecular weight is 651 g/mol. The maximum atomic E-state index is 12.7. The monoisotopic (exact) mass is 650 g/mol. The lowest BCUT2D eigenvalue weighted by atomic mass is 9.49. The van der Waals surface area contributed by atoms with Crippen molar-refractivity contribution in [3.8, 4) is 17.2 Å². The lowest BCUT2D eigenvalue weighted by Crippen LogP contribution is -2.76. The third-order valence-corrected chi connectivity index (χ3v) is 10.8. The molecule has 1 spiro atoms. The number of phenolic OH excluding ortho intramolecular Hbond substituents is 1. The summed E-state index contributed by atoms with van der Waals surface area (Å²) in [6, 6.07) is 18.1. The van der Waals surface area contributed by atoms with Crippen LogP contribution in [0.15, 0.2) is 66.7 Å². The molecule has 2 heterocycles. The Labute approximate surface area is 272 Å². The van der Waals surface area contributed by atoms with Gasteiger partial charge in [0.15, 0.2) is 23.4 Å². The maximum absolute atomic E-state index is 12.7. The van der Waals surface area contributed by atoms with E-state index in [4.69, 9.17) is 9.47 Å². The number of carbonyl (C=O) groups is 1. The minimum atomic E-state index is -4.33. The van der Waals surface area contributed by atoms with Crippen LogP contribution in [0.1, 0.15) is 66.9 Å². The number of Topliss-reactive ketones (excluding diaryl/α,β-unsaturated/α-hetero) is 1. The quantitative estimate of drug-likeness (QED) is 0.277. The van der Waals surface area contributed by atoms with Gasteiger partial charge in [0.05, 0.1) is 16.6 Å². The summed E-state index contributed by atoms with van der Waals surface area (Å²) in [5.41, 5.74) is 0.777. The highest BCUT2D eigenvalue weighted by Crippen LogP contribution is 2.65. The van der Waals surface area contributed by atoms with Crippen molar-refractivity contribution in [3.05, 3.63) is 89.0 Å². The van der Waals surface area contributed by atoms with Crippen molar-refractivity contribution in [1.29, 1.82) is 0 Å². The van der Waals surface area contributed by atoms with Gasteiger partial charge in [0.2, 0.25) is 0 Å². The van der Waals surface area contributed by atoms with E-state index in [2.05, 4.69) is 10.2 Å². The predicted octanol–water partition coefficient (Wildman–Crippen LogP) is 5.96. The molecule has 2 aliphatic heterocycles. The van der Waals surface area contributed by atoms with Gasteiger partial charge in [0, 0.05) is 31.0 Å². The van der Waals surface area contributed by atoms with Crippen molar-refractivity contribution < 1.29 is 37.7 Å². The lowest BCUT2D eigenvalue weighted by molar-refractivity contribution is -0.188. The second-order valence-electron chi connectivity index (χ2n) is 13.6. The number of hydrogen-bond acceptors (Lipinski definition) is 7. The standard InChI is InChI=1S/C20H23NO4.C17H18F3NO/c22-13-4-3-12-9-15-20(24)6-5-14(23)18-19(20,16(12)17(13)25-18)7-8-21(15)10-11-1-2-11;1-21-12-11-16(13-5-3-2-4-6-13)22-15-9-7-14(8-10-15)17(18,19)20/h3-4,11,15,18,22,24H,1-2,5-10H2;2-10,16,21H,11-12H2,1H3/t15-,18+,19+,20-;/m1./s1. The second-order valence-corrected chi connectivity index (χ2v) is 13.6. The van der Waals surface area contributed by atoms with Crippen LogP contribution in [0.2, 0.25) is 0 Å². The lowest BCUT2D eigenvalue weighted by Gasteiger charge is -2.62. The topological polar surface area (TPSA) is 91.3 Å². The summed E-state index contributed by atoms with van der Waals surface area (Å²) in [4.78, 5) is 15.2. The Morgan fingerprint density at radius 3 is 2.49 bits per heavy atom. The molecule has 0 aromatic heterocycles. The highest BCUT2D eigenvalue weighted by atomic mass is 19.4. The van der Waals surface area contributed by atoms with Gasteiger partial charge in [-0.05, 0) is 99.6 Å². The van der Waals surface area contributed by atoms with Gasteiger partial charge in [-0.2, -0.15) is 13.2 Å². The number of ether oxygens (including phenoxy) is 2. The van der Waals surface area contributed by atoms with Crippen LogP contribution in [-0.2, 0) is 22.8 Å². The molecule has 5 aliphatic rings. The number of benzene rings is 3. The Morgan fingerprint density at radius 2 is 1.81 bits per heavy atom. The van der Waals surface area contributed by atoms with Crippen LogP contribution in [0.25, 0.3) is 0 Å². The Morgan fingerprint density at radius 1 is 1.06 bits per heavy atom. The van der Waals surface area contributed by atoms with Crippen molar-refractivity contribution in [1.82, 2.24) is 10.2 Å². The number of nitrogens with zero attached hydrogens (tertiary/aromatic N) is 1. The fraction of sp³-hybridized carbons (Fsp3) is 0.486. The maximum Gasteiger partial charge on any atom is 0.416 e. The first-order valence-corrected chi connectivity index (χ1v) is 16.6. The molecule has 3 fully saturated rings. The molecule has 1 unspecified atom stereocenters. The normalized spacial score (nSPS) is 28.1. The van der Waals surface area contributed by atoms with Gasteiger partial charge >= 0.3 is 6.18 Å². The van der Waals surface area contributed by atoms with E-state index in [9.17, 15) is 28.2 Å². The first kappa shape index (κ1) is 32.0. The summed E-state index contributed by atoms with van der Waals surface area (Å²) < 4.78 is 49.6. The van der Waals surface area contributed by atoms with Crippen molar-refractivity contribution in [2.45, 2.75) is 80.4 Å². The summed E-state index contributed by atoms with van der Waals surface area (Å²) in [6.07, 6.45) is 0.518. The largest absolute Gasteiger partial charge is 0.504 e. The predicted molar refractivity (Wildman–Crippen MR) is 170 cm³/mol. The molecule has 3 aliphatic carbocycles. The molecular weight excluding hydrogens is 609 g/mol. The highest BCUT2D eigenvalue weighted by molar-refractivity contribution is 5.90. The first-order chi connectivity index (χ1) is 22.5. The first-order valence-electron chi connectivity index (χ1n) is 16.6. The summed E-state index contributed by atoms with van der Waals surface area (Å²) in [5, 5.41) is 25.4. The molecule has 2 saturated carbocycles. The van der Waals surface area contributed by atoms with Gasteiger partial charge in [-0.1, -0.05) is 36.4 Å². The van der Waals surface area contributed by atoms with E-state index >= 15 is 0 Å². The number of aliphatic hydroxyl groups is 1. The second kappa shape index (κ2) is 12.1. The van der Waals surface area contributed by atoms with Gasteiger partial charge in [0.25, 0.3) is 0 Å². The summed E-state index contributed by atoms with van der Waals surface area (Å²) >= 11 is 0. The van der Waals surface area contributed by atoms with Gasteiger partial charge in [0.1, 0.15) is 11.9 Å². The minimum Gasteiger partial charge on any atom is -0.504 e. The Hall–Kier alpha value is -3.60. The molecule has 5 atom stereocenters. The third-order valence-electron chi connectivity index (χ3n) is 10.8. The molecule has 0 amide bonds. The van der Waals surface area contributed by atoms with E-state index in [1.807, 2.05) is 43.4 Å². The Kier molecular flexibility index (Phi) is 8.25. The molecule has 47 heavy (non-hydrogen) atoms. The molecule has 3 aromatic rings. The number of phenols is 1. The molecule has 3 aromatic carbocycles. The Balaban J connectivity index is 0.000000151. The zero-order chi connectivity index (χ0) is 33.0. The Bertz CT molecular complexity index is 1610. The van der Waals surface area contributed by atoms with Crippen LogP contribution in [0.5, 0.6) is 17.2 Å². The zero-order valence-corrected chi connectivity index (χ0v) is 26.4. The number of nitrogens with one attached hydrogen (secondary N) is 1. The molecule has 1 saturated heterocycles. The number of likely N-dealkylation sites (tertiary alicyclic amines) is 1. The van der Waals surface area contributed by atoms with E-state index in [0.717, 1.165) is 73.6 Å². The SMILES string of the molecule is CNCCC(Oc1ccc(C(F)(F)F)cc1)c1ccccc1.O=C1CC[C@@]2(O)[C@H]3Cc4ccc(O)c5c4[C@@]2(CCN3CC2CC2)[C@H]1O5. The van der Waals surface area contributed by atoms with Crippen LogP contribution in [0.4, 0.5) is 13.2 Å². The molecule has 10 heteroatoms. The van der Waals surface area contributed by atoms with Gasteiger partial charge < -0.3 is 25.0 Å². The van der Waals surface area contributed by atoms with Crippen LogP contribution < -0.4 is 14.8 Å². The highest BCUT2D eigenvalue weighted by Gasteiger charge is 2.73. The van der Waals surface area contributed by atoms with Crippen molar-refractivity contribution in [2.24, 2.45) is 5.92 Å². The minimum absolute atomic E-state index is 0.0454. The number of carbonyl (C=O) groups excluding carboxylic acids is 1. The number of ketones is 1.